The van der Waals surface area contributed by atoms with E-state index in [4.69, 9.17) is 4.74 Å². The van der Waals surface area contributed by atoms with E-state index in [2.05, 4.69) is 6.92 Å². The van der Waals surface area contributed by atoms with Crippen molar-refractivity contribution in [3.63, 3.8) is 0 Å². The highest BCUT2D eigenvalue weighted by molar-refractivity contribution is 5.76. The lowest BCUT2D eigenvalue weighted by atomic mass is 9.97. The molecule has 1 saturated heterocycles. The third-order valence-corrected chi connectivity index (χ3v) is 4.64. The summed E-state index contributed by atoms with van der Waals surface area (Å²) in [7, 11) is 1.50. The first-order valence-corrected chi connectivity index (χ1v) is 9.00. The van der Waals surface area contributed by atoms with Crippen LogP contribution in [0, 0.1) is 0 Å². The number of amides is 1. The van der Waals surface area contributed by atoms with E-state index in [1.165, 1.54) is 37.6 Å². The normalized spacial score (nSPS) is 30.3. The van der Waals surface area contributed by atoms with Gasteiger partial charge in [0.15, 0.2) is 6.23 Å². The number of aliphatic hydroxyl groups excluding tert-OH is 4. The number of hydrogen-bond donors (Lipinski definition) is 4. The van der Waals surface area contributed by atoms with Crippen LogP contribution in [-0.4, -0.2) is 75.5 Å². The number of carbonyl (C=O) groups is 1. The van der Waals surface area contributed by atoms with Gasteiger partial charge in [0.2, 0.25) is 5.91 Å². The summed E-state index contributed by atoms with van der Waals surface area (Å²) in [6.07, 6.45) is 1.73. The van der Waals surface area contributed by atoms with Crippen molar-refractivity contribution in [3.05, 3.63) is 0 Å². The van der Waals surface area contributed by atoms with E-state index in [1.54, 1.807) is 0 Å². The lowest BCUT2D eigenvalue weighted by molar-refractivity contribution is -0.259. The number of nitrogens with zero attached hydrogens (tertiary/aromatic N) is 1. The molecule has 1 fully saturated rings. The van der Waals surface area contributed by atoms with Gasteiger partial charge in [-0.15, -0.1) is 0 Å². The lowest BCUT2D eigenvalue weighted by Gasteiger charge is -2.43. The Morgan fingerprint density at radius 2 is 1.54 bits per heavy atom. The van der Waals surface area contributed by atoms with Gasteiger partial charge in [0.1, 0.15) is 24.4 Å². The Kier molecular flexibility index (Phi) is 9.76. The van der Waals surface area contributed by atoms with E-state index in [0.29, 0.717) is 6.42 Å². The molecule has 1 amide bonds. The first kappa shape index (κ1) is 21.3. The molecule has 1 aliphatic rings. The zero-order valence-electron chi connectivity index (χ0n) is 14.8. The van der Waals surface area contributed by atoms with Gasteiger partial charge in [-0.1, -0.05) is 45.4 Å². The number of carbonyl (C=O) groups excluding carboxylic acids is 1. The van der Waals surface area contributed by atoms with E-state index in [9.17, 15) is 25.2 Å². The standard InChI is InChI=1S/C17H33NO6/c1-3-4-5-6-7-8-9-10-13(20)18(2)17-16(23)15(22)14(21)12(11-19)24-17/h12,14-17,19,21-23H,3-11H2,1-2H3/t12-,14-,15+,16-,17-/m1/s1. The van der Waals surface area contributed by atoms with Crippen molar-refractivity contribution in [1.82, 2.24) is 4.90 Å². The second-order valence-electron chi connectivity index (χ2n) is 6.60. The largest absolute Gasteiger partial charge is 0.394 e. The molecule has 24 heavy (non-hydrogen) atoms. The van der Waals surface area contributed by atoms with Gasteiger partial charge in [0.25, 0.3) is 0 Å². The summed E-state index contributed by atoms with van der Waals surface area (Å²) >= 11 is 0. The number of ether oxygens (including phenoxy) is 1. The van der Waals surface area contributed by atoms with Crippen molar-refractivity contribution in [2.75, 3.05) is 13.7 Å². The van der Waals surface area contributed by atoms with Gasteiger partial charge in [0.05, 0.1) is 6.61 Å². The summed E-state index contributed by atoms with van der Waals surface area (Å²) in [5.41, 5.74) is 0. The molecule has 7 nitrogen and oxygen atoms in total. The van der Waals surface area contributed by atoms with Crippen LogP contribution >= 0.6 is 0 Å². The zero-order chi connectivity index (χ0) is 18.1. The second kappa shape index (κ2) is 11.0. The van der Waals surface area contributed by atoms with Gasteiger partial charge < -0.3 is 30.1 Å². The van der Waals surface area contributed by atoms with Gasteiger partial charge in [0, 0.05) is 13.5 Å². The molecule has 0 aromatic carbocycles. The molecule has 1 rings (SSSR count). The third-order valence-electron chi connectivity index (χ3n) is 4.64. The molecule has 1 aliphatic heterocycles. The average molecular weight is 347 g/mol. The fourth-order valence-electron chi connectivity index (χ4n) is 2.95. The summed E-state index contributed by atoms with van der Waals surface area (Å²) in [5, 5.41) is 38.8. The summed E-state index contributed by atoms with van der Waals surface area (Å²) in [6.45, 7) is 1.68. The van der Waals surface area contributed by atoms with Crippen LogP contribution in [0.15, 0.2) is 0 Å². The third kappa shape index (κ3) is 5.97. The van der Waals surface area contributed by atoms with Crippen LogP contribution in [-0.2, 0) is 9.53 Å². The fourth-order valence-corrected chi connectivity index (χ4v) is 2.95. The predicted octanol–water partition coefficient (Wildman–Crippen LogP) is 0.385. The van der Waals surface area contributed by atoms with Gasteiger partial charge in [-0.3, -0.25) is 4.79 Å². The second-order valence-corrected chi connectivity index (χ2v) is 6.60. The Hall–Kier alpha value is -0.730. The summed E-state index contributed by atoms with van der Waals surface area (Å²) in [5.74, 6) is -0.187. The molecule has 1 heterocycles. The summed E-state index contributed by atoms with van der Waals surface area (Å²) in [4.78, 5) is 13.5. The molecule has 0 unspecified atom stereocenters. The summed E-state index contributed by atoms with van der Waals surface area (Å²) < 4.78 is 5.38. The van der Waals surface area contributed by atoms with Gasteiger partial charge in [-0.2, -0.15) is 0 Å². The molecular formula is C17H33NO6. The smallest absolute Gasteiger partial charge is 0.224 e. The molecule has 0 radical (unpaired) electrons. The Bertz CT molecular complexity index is 365. The van der Waals surface area contributed by atoms with Crippen molar-refractivity contribution in [2.45, 2.75) is 88.9 Å². The first-order valence-electron chi connectivity index (χ1n) is 9.00. The van der Waals surface area contributed by atoms with Gasteiger partial charge in [-0.05, 0) is 6.42 Å². The minimum atomic E-state index is -1.46. The van der Waals surface area contributed by atoms with Crippen LogP contribution in [0.5, 0.6) is 0 Å². The number of aliphatic hydroxyl groups is 4. The van der Waals surface area contributed by atoms with Crippen LogP contribution in [0.1, 0.15) is 58.3 Å². The highest BCUT2D eigenvalue weighted by Crippen LogP contribution is 2.23. The van der Waals surface area contributed by atoms with E-state index < -0.39 is 37.3 Å². The molecule has 0 aliphatic carbocycles. The van der Waals surface area contributed by atoms with E-state index in [-0.39, 0.29) is 5.91 Å². The highest BCUT2D eigenvalue weighted by Gasteiger charge is 2.45. The fraction of sp³-hybridized carbons (Fsp3) is 0.941. The van der Waals surface area contributed by atoms with Crippen LogP contribution < -0.4 is 0 Å². The Morgan fingerprint density at radius 3 is 2.12 bits per heavy atom. The SMILES string of the molecule is CCCCCCCCCC(=O)N(C)[C@@H]1O[C@H](CO)[C@@H](O)[C@H](O)[C@H]1O. The van der Waals surface area contributed by atoms with E-state index in [0.717, 1.165) is 19.3 Å². The van der Waals surface area contributed by atoms with Crippen LogP contribution in [0.4, 0.5) is 0 Å². The number of unbranched alkanes of at least 4 members (excludes halogenated alkanes) is 6. The Labute approximate surface area is 144 Å². The van der Waals surface area contributed by atoms with Crippen LogP contribution in [0.2, 0.25) is 0 Å². The molecule has 0 bridgehead atoms. The van der Waals surface area contributed by atoms with E-state index >= 15 is 0 Å². The molecule has 0 saturated carbocycles. The van der Waals surface area contributed by atoms with Crippen molar-refractivity contribution >= 4 is 5.91 Å². The van der Waals surface area contributed by atoms with Crippen LogP contribution in [0.25, 0.3) is 0 Å². The lowest BCUT2D eigenvalue weighted by Crippen LogP contribution is -2.63. The van der Waals surface area contributed by atoms with Crippen molar-refractivity contribution in [3.8, 4) is 0 Å². The predicted molar refractivity (Wildman–Crippen MR) is 89.1 cm³/mol. The molecule has 0 spiro atoms. The molecule has 5 atom stereocenters. The van der Waals surface area contributed by atoms with Gasteiger partial charge in [-0.25, -0.2) is 0 Å². The van der Waals surface area contributed by atoms with Crippen LogP contribution in [0.3, 0.4) is 0 Å². The van der Waals surface area contributed by atoms with Crippen molar-refractivity contribution in [2.24, 2.45) is 0 Å². The molecule has 4 N–H and O–H groups in total. The minimum Gasteiger partial charge on any atom is -0.394 e. The molecule has 7 heteroatoms. The maximum atomic E-state index is 12.2. The maximum absolute atomic E-state index is 12.2. The monoisotopic (exact) mass is 347 g/mol. The topological polar surface area (TPSA) is 110 Å². The molecule has 0 aromatic rings. The average Bonchev–Trinajstić information content (AvgIpc) is 2.58. The molecule has 142 valence electrons. The zero-order valence-corrected chi connectivity index (χ0v) is 14.8. The quantitative estimate of drug-likeness (QED) is 0.425. The number of rotatable bonds is 10. The van der Waals surface area contributed by atoms with E-state index in [1.807, 2.05) is 0 Å². The molecular weight excluding hydrogens is 314 g/mol. The van der Waals surface area contributed by atoms with Gasteiger partial charge >= 0.3 is 0 Å². The highest BCUT2D eigenvalue weighted by atomic mass is 16.6. The summed E-state index contributed by atoms with van der Waals surface area (Å²) in [6, 6.07) is 0. The maximum Gasteiger partial charge on any atom is 0.224 e. The first-order chi connectivity index (χ1) is 11.4. The Morgan fingerprint density at radius 1 is 0.958 bits per heavy atom. The minimum absolute atomic E-state index is 0.187. The van der Waals surface area contributed by atoms with Crippen molar-refractivity contribution < 1.29 is 30.0 Å². The Balaban J connectivity index is 2.38. The number of likely N-dealkylation sites (N-methyl/N-ethyl adjacent to an activating group) is 1. The number of hydrogen-bond acceptors (Lipinski definition) is 6. The molecule has 0 aromatic heterocycles. The van der Waals surface area contributed by atoms with Crippen molar-refractivity contribution in [1.29, 1.82) is 0 Å².